The number of carbonyl (C=O) groups excluding carboxylic acids is 1. The summed E-state index contributed by atoms with van der Waals surface area (Å²) in [6.45, 7) is 8.24. The lowest BCUT2D eigenvalue weighted by Crippen LogP contribution is -2.14. The van der Waals surface area contributed by atoms with Crippen molar-refractivity contribution in [3.63, 3.8) is 0 Å². The van der Waals surface area contributed by atoms with Gasteiger partial charge in [-0.2, -0.15) is 0 Å². The van der Waals surface area contributed by atoms with Crippen LogP contribution in [0.25, 0.3) is 11.0 Å². The van der Waals surface area contributed by atoms with Crippen LogP contribution in [-0.2, 0) is 16.1 Å². The van der Waals surface area contributed by atoms with Crippen LogP contribution in [0.15, 0.2) is 28.3 Å². The fraction of sp³-hybridized carbons (Fsp3) is 0.655. The monoisotopic (exact) mass is 525 g/mol. The van der Waals surface area contributed by atoms with E-state index in [4.69, 9.17) is 14.8 Å². The van der Waals surface area contributed by atoms with Crippen molar-refractivity contribution in [1.29, 1.82) is 0 Å². The quantitative estimate of drug-likeness (QED) is 0.145. The number of benzene rings is 1. The summed E-state index contributed by atoms with van der Waals surface area (Å²) >= 11 is 1.90. The summed E-state index contributed by atoms with van der Waals surface area (Å²) in [7, 11) is 0. The van der Waals surface area contributed by atoms with Gasteiger partial charge in [0.15, 0.2) is 5.17 Å². The van der Waals surface area contributed by atoms with Gasteiger partial charge in [-0.3, -0.25) is 9.56 Å². The third kappa shape index (κ3) is 7.59. The maximum Gasteiger partial charge on any atom is 0.334 e. The summed E-state index contributed by atoms with van der Waals surface area (Å²) < 4.78 is 2.26. The predicted octanol–water partition coefficient (Wildman–Crippen LogP) is 7.19. The topological polar surface area (TPSA) is 80.9 Å². The first-order valence-corrected chi connectivity index (χ1v) is 15.2. The van der Waals surface area contributed by atoms with Crippen LogP contribution in [0.2, 0.25) is 0 Å². The Morgan fingerprint density at radius 3 is 2.89 bits per heavy atom. The van der Waals surface area contributed by atoms with Gasteiger partial charge in [0.2, 0.25) is 5.95 Å². The van der Waals surface area contributed by atoms with Crippen molar-refractivity contribution in [2.24, 2.45) is 16.1 Å². The van der Waals surface area contributed by atoms with Crippen LogP contribution < -0.4 is 5.32 Å². The van der Waals surface area contributed by atoms with Crippen molar-refractivity contribution in [3.8, 4) is 0 Å². The molecule has 1 fully saturated rings. The van der Waals surface area contributed by atoms with Gasteiger partial charge in [-0.1, -0.05) is 56.6 Å². The van der Waals surface area contributed by atoms with Crippen molar-refractivity contribution in [2.45, 2.75) is 103 Å². The minimum Gasteiger partial charge on any atom is -0.355 e. The number of oxime groups is 1. The van der Waals surface area contributed by atoms with E-state index in [-0.39, 0.29) is 5.97 Å². The second-order valence-electron chi connectivity index (χ2n) is 10.4. The molecule has 2 aliphatic rings. The van der Waals surface area contributed by atoms with Gasteiger partial charge in [-0.15, -0.1) is 0 Å². The molecule has 7 nitrogen and oxygen atoms in total. The normalized spacial score (nSPS) is 21.3. The van der Waals surface area contributed by atoms with Crippen LogP contribution in [-0.4, -0.2) is 44.7 Å². The summed E-state index contributed by atoms with van der Waals surface area (Å²) in [6, 6.07) is 6.74. The lowest BCUT2D eigenvalue weighted by molar-refractivity contribution is -0.143. The molecular formula is C29H43N5O2S. The van der Waals surface area contributed by atoms with Crippen molar-refractivity contribution in [1.82, 2.24) is 9.55 Å². The maximum absolute atomic E-state index is 11.7. The molecule has 4 rings (SSSR count). The number of fused-ring (bicyclic) bond motifs is 1. The first kappa shape index (κ1) is 27.7. The van der Waals surface area contributed by atoms with Crippen molar-refractivity contribution in [2.75, 3.05) is 18.4 Å². The van der Waals surface area contributed by atoms with Crippen molar-refractivity contribution in [3.05, 3.63) is 23.8 Å². The average molecular weight is 526 g/mol. The Morgan fingerprint density at radius 2 is 2.08 bits per heavy atom. The Morgan fingerprint density at radius 1 is 1.19 bits per heavy atom. The number of aliphatic imine (C=N–C) groups is 1. The zero-order valence-corrected chi connectivity index (χ0v) is 23.6. The number of carbonyl (C=O) groups is 1. The minimum atomic E-state index is -0.227. The summed E-state index contributed by atoms with van der Waals surface area (Å²) in [5, 5.41) is 9.40. The van der Waals surface area contributed by atoms with E-state index in [2.05, 4.69) is 47.1 Å². The van der Waals surface area contributed by atoms with Crippen LogP contribution in [0.4, 0.5) is 5.95 Å². The standard InChI is InChI=1S/C29H43N5O2S/c1-4-7-17-30-28-32-25-16-14-22(19-26(25)34(28)29-31-20-24(37-29)9-5-2)18-21-11-8-12-23(15-13-21)33-36-27(35)10-6-3/h14,16,19,21,24H,4-13,15,17-18,20H2,1-3H3,(H,30,32). The molecule has 8 heteroatoms. The highest BCUT2D eigenvalue weighted by atomic mass is 32.2. The fourth-order valence-electron chi connectivity index (χ4n) is 5.16. The van der Waals surface area contributed by atoms with E-state index >= 15 is 0 Å². The van der Waals surface area contributed by atoms with Gasteiger partial charge >= 0.3 is 5.97 Å². The van der Waals surface area contributed by atoms with E-state index in [9.17, 15) is 4.79 Å². The van der Waals surface area contributed by atoms with Crippen molar-refractivity contribution >= 4 is 45.6 Å². The van der Waals surface area contributed by atoms with E-state index in [1.54, 1.807) is 0 Å². The lowest BCUT2D eigenvalue weighted by atomic mass is 9.92. The summed E-state index contributed by atoms with van der Waals surface area (Å²) in [5.41, 5.74) is 4.55. The largest absolute Gasteiger partial charge is 0.355 e. The Hall–Kier alpha value is -2.35. The van der Waals surface area contributed by atoms with E-state index in [1.165, 1.54) is 24.8 Å². The first-order chi connectivity index (χ1) is 18.1. The number of rotatable bonds is 11. The average Bonchev–Trinajstić information content (AvgIpc) is 3.41. The molecule has 0 radical (unpaired) electrons. The molecule has 0 bridgehead atoms. The van der Waals surface area contributed by atoms with Crippen LogP contribution in [0.5, 0.6) is 0 Å². The van der Waals surface area contributed by atoms with Gasteiger partial charge in [0.1, 0.15) is 0 Å². The maximum atomic E-state index is 11.7. The molecular weight excluding hydrogens is 482 g/mol. The Kier molecular flexibility index (Phi) is 10.5. The number of anilines is 1. The van der Waals surface area contributed by atoms with Gasteiger partial charge in [-0.05, 0) is 81.4 Å². The van der Waals surface area contributed by atoms with Crippen LogP contribution in [0, 0.1) is 5.92 Å². The molecule has 1 aliphatic carbocycles. The highest BCUT2D eigenvalue weighted by molar-refractivity contribution is 8.14. The van der Waals surface area contributed by atoms with Gasteiger partial charge in [0.05, 0.1) is 23.3 Å². The smallest absolute Gasteiger partial charge is 0.334 e. The Balaban J connectivity index is 1.48. The lowest BCUT2D eigenvalue weighted by Gasteiger charge is -2.14. The fourth-order valence-corrected chi connectivity index (χ4v) is 6.41. The third-order valence-electron chi connectivity index (χ3n) is 7.21. The van der Waals surface area contributed by atoms with Gasteiger partial charge < -0.3 is 10.2 Å². The first-order valence-electron chi connectivity index (χ1n) is 14.3. The second kappa shape index (κ2) is 14.0. The Bertz CT molecular complexity index is 1110. The zero-order chi connectivity index (χ0) is 26.0. The molecule has 1 saturated carbocycles. The number of nitrogens with zero attached hydrogens (tertiary/aromatic N) is 4. The molecule has 2 unspecified atom stereocenters. The number of hydrogen-bond donors (Lipinski definition) is 1. The predicted molar refractivity (Wildman–Crippen MR) is 156 cm³/mol. The summed E-state index contributed by atoms with van der Waals surface area (Å²) in [6.07, 6.45) is 12.1. The second-order valence-corrected chi connectivity index (χ2v) is 11.7. The van der Waals surface area contributed by atoms with Crippen molar-refractivity contribution < 1.29 is 9.63 Å². The molecule has 2 heterocycles. The number of hydrogen-bond acceptors (Lipinski definition) is 7. The highest BCUT2D eigenvalue weighted by Gasteiger charge is 2.25. The molecule has 2 atom stereocenters. The van der Waals surface area contributed by atoms with Crippen LogP contribution in [0.3, 0.4) is 0 Å². The van der Waals surface area contributed by atoms with Crippen LogP contribution in [0.1, 0.15) is 97.0 Å². The number of aromatic nitrogens is 2. The summed E-state index contributed by atoms with van der Waals surface area (Å²) in [5.74, 6) is 1.29. The van der Waals surface area contributed by atoms with E-state index in [1.807, 2.05) is 18.7 Å². The SMILES string of the molecule is CCCCNc1nc2ccc(CC3CCCC(=NOC(=O)CCC)CC3)cc2n1C1=NCC(CCC)S1. The van der Waals surface area contributed by atoms with E-state index in [0.29, 0.717) is 17.6 Å². The highest BCUT2D eigenvalue weighted by Crippen LogP contribution is 2.32. The van der Waals surface area contributed by atoms with Gasteiger partial charge in [-0.25, -0.2) is 9.78 Å². The molecule has 0 saturated heterocycles. The molecule has 37 heavy (non-hydrogen) atoms. The Labute approximate surface area is 225 Å². The van der Waals surface area contributed by atoms with Crippen LogP contribution >= 0.6 is 11.8 Å². The van der Waals surface area contributed by atoms with E-state index in [0.717, 1.165) is 92.3 Å². The molecule has 1 aromatic heterocycles. The number of nitrogens with one attached hydrogen (secondary N) is 1. The van der Waals surface area contributed by atoms with Gasteiger partial charge in [0.25, 0.3) is 0 Å². The summed E-state index contributed by atoms with van der Waals surface area (Å²) in [4.78, 5) is 26.7. The number of thioether (sulfide) groups is 1. The molecule has 202 valence electrons. The molecule has 2 aromatic rings. The molecule has 1 aromatic carbocycles. The zero-order valence-electron chi connectivity index (χ0n) is 22.8. The van der Waals surface area contributed by atoms with E-state index < -0.39 is 0 Å². The number of imidazole rings is 1. The molecule has 1 aliphatic heterocycles. The third-order valence-corrected chi connectivity index (χ3v) is 8.45. The van der Waals surface area contributed by atoms with Gasteiger partial charge in [0, 0.05) is 18.2 Å². The molecule has 1 N–H and O–H groups in total. The minimum absolute atomic E-state index is 0.227. The number of unbranched alkanes of at least 4 members (excludes halogenated alkanes) is 1. The molecule has 0 spiro atoms. The molecule has 0 amide bonds.